The minimum atomic E-state index is -0.0421. The van der Waals surface area contributed by atoms with Crippen molar-refractivity contribution in [1.82, 2.24) is 5.32 Å². The van der Waals surface area contributed by atoms with Gasteiger partial charge in [0.15, 0.2) is 0 Å². The molecule has 110 valence electrons. The summed E-state index contributed by atoms with van der Waals surface area (Å²) in [6.07, 6.45) is 4.50. The highest BCUT2D eigenvalue weighted by atomic mass is 35.5. The van der Waals surface area contributed by atoms with Crippen LogP contribution >= 0.6 is 11.6 Å². The summed E-state index contributed by atoms with van der Waals surface area (Å²) in [6, 6.07) is 5.60. The first-order valence-corrected chi connectivity index (χ1v) is 7.57. The Morgan fingerprint density at radius 1 is 1.40 bits per heavy atom. The lowest BCUT2D eigenvalue weighted by Crippen LogP contribution is -2.40. The fourth-order valence-corrected chi connectivity index (χ4v) is 3.18. The van der Waals surface area contributed by atoms with E-state index in [1.165, 1.54) is 12.8 Å². The second-order valence-electron chi connectivity index (χ2n) is 6.37. The summed E-state index contributed by atoms with van der Waals surface area (Å²) in [5.74, 6) is -0.0421. The van der Waals surface area contributed by atoms with Gasteiger partial charge in [0.25, 0.3) is 5.91 Å². The maximum atomic E-state index is 12.4. The molecule has 1 aliphatic carbocycles. The average molecular weight is 295 g/mol. The van der Waals surface area contributed by atoms with Crippen LogP contribution in [0.4, 0.5) is 5.69 Å². The number of halogens is 1. The zero-order valence-corrected chi connectivity index (χ0v) is 13.2. The summed E-state index contributed by atoms with van der Waals surface area (Å²) in [5.41, 5.74) is 1.74. The van der Waals surface area contributed by atoms with Gasteiger partial charge in [0, 0.05) is 23.8 Å². The number of hydrogen-bond acceptors (Lipinski definition) is 2. The van der Waals surface area contributed by atoms with E-state index >= 15 is 0 Å². The highest BCUT2D eigenvalue weighted by Gasteiger charge is 2.29. The van der Waals surface area contributed by atoms with E-state index in [0.29, 0.717) is 16.0 Å². The van der Waals surface area contributed by atoms with Crippen molar-refractivity contribution in [3.63, 3.8) is 0 Å². The standard InChI is InChI=1S/C16H23ClN2O/c1-16(2)8-4-5-12(10-16)19-15(20)13-9-11(17)6-7-14(13)18-3/h6-7,9,12,18H,4-5,8,10H2,1-3H3,(H,19,20). The fourth-order valence-electron chi connectivity index (χ4n) is 3.01. The van der Waals surface area contributed by atoms with Gasteiger partial charge in [-0.3, -0.25) is 4.79 Å². The molecule has 0 radical (unpaired) electrons. The van der Waals surface area contributed by atoms with Crippen LogP contribution in [0.5, 0.6) is 0 Å². The van der Waals surface area contributed by atoms with Gasteiger partial charge in [0.2, 0.25) is 0 Å². The van der Waals surface area contributed by atoms with Crippen LogP contribution < -0.4 is 10.6 Å². The third-order valence-corrected chi connectivity index (χ3v) is 4.27. The number of carbonyl (C=O) groups is 1. The molecule has 0 aliphatic heterocycles. The van der Waals surface area contributed by atoms with E-state index in [1.807, 2.05) is 13.1 Å². The lowest BCUT2D eigenvalue weighted by atomic mass is 9.75. The van der Waals surface area contributed by atoms with Gasteiger partial charge in [-0.15, -0.1) is 0 Å². The molecule has 2 rings (SSSR count). The first-order chi connectivity index (χ1) is 9.41. The second-order valence-corrected chi connectivity index (χ2v) is 6.81. The van der Waals surface area contributed by atoms with Gasteiger partial charge in [0.05, 0.1) is 5.56 Å². The summed E-state index contributed by atoms with van der Waals surface area (Å²) in [5, 5.41) is 6.77. The zero-order valence-electron chi connectivity index (χ0n) is 12.4. The molecule has 1 saturated carbocycles. The van der Waals surface area contributed by atoms with E-state index in [9.17, 15) is 4.79 Å². The molecule has 0 aromatic heterocycles. The van der Waals surface area contributed by atoms with E-state index in [4.69, 9.17) is 11.6 Å². The molecule has 3 nitrogen and oxygen atoms in total. The molecule has 0 heterocycles. The van der Waals surface area contributed by atoms with E-state index in [0.717, 1.165) is 18.5 Å². The third kappa shape index (κ3) is 3.66. The molecule has 0 saturated heterocycles. The van der Waals surface area contributed by atoms with E-state index in [-0.39, 0.29) is 11.9 Å². The summed E-state index contributed by atoms with van der Waals surface area (Å²) in [4.78, 5) is 12.4. The summed E-state index contributed by atoms with van der Waals surface area (Å²) >= 11 is 6.00. The normalized spacial score (nSPS) is 21.3. The maximum absolute atomic E-state index is 12.4. The molecule has 1 aromatic rings. The van der Waals surface area contributed by atoms with E-state index < -0.39 is 0 Å². The number of carbonyl (C=O) groups excluding carboxylic acids is 1. The fraction of sp³-hybridized carbons (Fsp3) is 0.562. The van der Waals surface area contributed by atoms with Crippen molar-refractivity contribution in [2.75, 3.05) is 12.4 Å². The van der Waals surface area contributed by atoms with E-state index in [2.05, 4.69) is 24.5 Å². The van der Waals surface area contributed by atoms with Crippen molar-refractivity contribution in [1.29, 1.82) is 0 Å². The minimum Gasteiger partial charge on any atom is -0.387 e. The van der Waals surface area contributed by atoms with Crippen LogP contribution in [0.25, 0.3) is 0 Å². The quantitative estimate of drug-likeness (QED) is 0.882. The van der Waals surface area contributed by atoms with Crippen LogP contribution in [0.15, 0.2) is 18.2 Å². The van der Waals surface area contributed by atoms with Crippen LogP contribution in [0.2, 0.25) is 5.02 Å². The van der Waals surface area contributed by atoms with Gasteiger partial charge in [-0.25, -0.2) is 0 Å². The predicted octanol–water partition coefficient (Wildman–Crippen LogP) is 4.08. The van der Waals surface area contributed by atoms with Crippen molar-refractivity contribution < 1.29 is 4.79 Å². The van der Waals surface area contributed by atoms with Crippen LogP contribution in [0.3, 0.4) is 0 Å². The largest absolute Gasteiger partial charge is 0.387 e. The predicted molar refractivity (Wildman–Crippen MR) is 84.5 cm³/mol. The first-order valence-electron chi connectivity index (χ1n) is 7.19. The van der Waals surface area contributed by atoms with Gasteiger partial charge in [-0.05, 0) is 42.9 Å². The Morgan fingerprint density at radius 3 is 2.80 bits per heavy atom. The summed E-state index contributed by atoms with van der Waals surface area (Å²) in [7, 11) is 1.81. The van der Waals surface area contributed by atoms with Crippen molar-refractivity contribution in [3.8, 4) is 0 Å². The van der Waals surface area contributed by atoms with Crippen LogP contribution in [-0.2, 0) is 0 Å². The Kier molecular flexibility index (Phi) is 4.59. The molecule has 20 heavy (non-hydrogen) atoms. The molecular weight excluding hydrogens is 272 g/mol. The SMILES string of the molecule is CNc1ccc(Cl)cc1C(=O)NC1CCCC(C)(C)C1. The molecule has 0 spiro atoms. The first kappa shape index (κ1) is 15.2. The van der Waals surface area contributed by atoms with Crippen molar-refractivity contribution >= 4 is 23.2 Å². The molecule has 2 N–H and O–H groups in total. The Bertz CT molecular complexity index is 499. The molecular formula is C16H23ClN2O. The molecule has 4 heteroatoms. The number of anilines is 1. The van der Waals surface area contributed by atoms with Crippen LogP contribution in [0, 0.1) is 5.41 Å². The molecule has 1 unspecified atom stereocenters. The van der Waals surface area contributed by atoms with Gasteiger partial charge in [-0.1, -0.05) is 31.9 Å². The Hall–Kier alpha value is -1.22. The van der Waals surface area contributed by atoms with Gasteiger partial charge < -0.3 is 10.6 Å². The highest BCUT2D eigenvalue weighted by Crippen LogP contribution is 2.35. The molecule has 1 amide bonds. The number of amides is 1. The Balaban J connectivity index is 2.10. The lowest BCUT2D eigenvalue weighted by molar-refractivity contribution is 0.0903. The molecule has 1 atom stereocenters. The van der Waals surface area contributed by atoms with E-state index in [1.54, 1.807) is 12.1 Å². The molecule has 1 aliphatic rings. The number of benzene rings is 1. The zero-order chi connectivity index (χ0) is 14.8. The highest BCUT2D eigenvalue weighted by molar-refractivity contribution is 6.31. The van der Waals surface area contributed by atoms with Crippen molar-refractivity contribution in [2.45, 2.75) is 45.6 Å². The van der Waals surface area contributed by atoms with Gasteiger partial charge >= 0.3 is 0 Å². The number of rotatable bonds is 3. The summed E-state index contributed by atoms with van der Waals surface area (Å²) in [6.45, 7) is 4.54. The number of hydrogen-bond donors (Lipinski definition) is 2. The molecule has 1 aromatic carbocycles. The van der Waals surface area contributed by atoms with Crippen molar-refractivity contribution in [3.05, 3.63) is 28.8 Å². The second kappa shape index (κ2) is 6.04. The smallest absolute Gasteiger partial charge is 0.253 e. The minimum absolute atomic E-state index is 0.0421. The maximum Gasteiger partial charge on any atom is 0.253 e. The Morgan fingerprint density at radius 2 is 2.15 bits per heavy atom. The molecule has 1 fully saturated rings. The van der Waals surface area contributed by atoms with Crippen LogP contribution in [-0.4, -0.2) is 19.0 Å². The van der Waals surface area contributed by atoms with Gasteiger partial charge in [0.1, 0.15) is 0 Å². The Labute approximate surface area is 126 Å². The molecule has 0 bridgehead atoms. The summed E-state index contributed by atoms with van der Waals surface area (Å²) < 4.78 is 0. The lowest BCUT2D eigenvalue weighted by Gasteiger charge is -2.35. The number of nitrogens with one attached hydrogen (secondary N) is 2. The van der Waals surface area contributed by atoms with Crippen molar-refractivity contribution in [2.24, 2.45) is 5.41 Å². The topological polar surface area (TPSA) is 41.1 Å². The average Bonchev–Trinajstić information content (AvgIpc) is 2.37. The third-order valence-electron chi connectivity index (χ3n) is 4.04. The van der Waals surface area contributed by atoms with Crippen LogP contribution in [0.1, 0.15) is 49.9 Å². The van der Waals surface area contributed by atoms with Gasteiger partial charge in [-0.2, -0.15) is 0 Å². The monoisotopic (exact) mass is 294 g/mol.